The number of rotatable bonds is 3. The minimum Gasteiger partial charge on any atom is -0.480 e. The molecule has 0 bridgehead atoms. The molecule has 0 radical (unpaired) electrons. The lowest BCUT2D eigenvalue weighted by molar-refractivity contribution is -0.159. The average molecular weight is 270 g/mol. The van der Waals surface area contributed by atoms with Crippen LogP contribution in [0.1, 0.15) is 19.3 Å². The molecule has 3 rings (SSSR count). The van der Waals surface area contributed by atoms with Gasteiger partial charge in [0.15, 0.2) is 0 Å². The molecule has 1 fully saturated rings. The van der Waals surface area contributed by atoms with Crippen LogP contribution in [0, 0.1) is 5.41 Å². The molecule has 1 aliphatic carbocycles. The van der Waals surface area contributed by atoms with E-state index in [1.54, 1.807) is 24.5 Å². The van der Waals surface area contributed by atoms with Crippen LogP contribution in [0.4, 0.5) is 5.69 Å². The second kappa shape index (κ2) is 4.59. The van der Waals surface area contributed by atoms with Gasteiger partial charge in [-0.3, -0.25) is 14.6 Å². The van der Waals surface area contributed by atoms with Crippen molar-refractivity contribution in [2.45, 2.75) is 19.3 Å². The number of aromatic nitrogens is 1. The Labute approximate surface area is 115 Å². The third kappa shape index (κ3) is 1.82. The van der Waals surface area contributed by atoms with Gasteiger partial charge in [0.05, 0.1) is 0 Å². The van der Waals surface area contributed by atoms with E-state index in [2.05, 4.69) is 10.3 Å². The molecule has 5 heteroatoms. The van der Waals surface area contributed by atoms with E-state index in [0.29, 0.717) is 18.5 Å². The van der Waals surface area contributed by atoms with Gasteiger partial charge in [-0.15, -0.1) is 0 Å². The quantitative estimate of drug-likeness (QED) is 0.839. The molecule has 0 unspecified atom stereocenters. The number of carbonyl (C=O) groups excluding carboxylic acids is 1. The number of carboxylic acid groups (broad SMARTS) is 1. The number of fused-ring (bicyclic) bond motifs is 1. The summed E-state index contributed by atoms with van der Waals surface area (Å²) in [6.07, 6.45) is 4.94. The predicted molar refractivity (Wildman–Crippen MR) is 74.3 cm³/mol. The fourth-order valence-electron chi connectivity index (χ4n) is 2.54. The Bertz CT molecular complexity index is 687. The molecule has 5 nitrogen and oxygen atoms in total. The van der Waals surface area contributed by atoms with E-state index in [1.807, 2.05) is 12.1 Å². The highest BCUT2D eigenvalue weighted by Gasteiger charge is 2.51. The fraction of sp³-hybridized carbons (Fsp3) is 0.267. The molecule has 0 spiro atoms. The Morgan fingerprint density at radius 2 is 2.05 bits per heavy atom. The number of carbonyl (C=O) groups is 2. The number of pyridine rings is 1. The van der Waals surface area contributed by atoms with E-state index >= 15 is 0 Å². The van der Waals surface area contributed by atoms with Crippen LogP contribution < -0.4 is 5.32 Å². The van der Waals surface area contributed by atoms with Gasteiger partial charge in [-0.2, -0.15) is 0 Å². The predicted octanol–water partition coefficient (Wildman–Crippen LogP) is 2.43. The molecule has 1 heterocycles. The number of benzene rings is 1. The van der Waals surface area contributed by atoms with Crippen molar-refractivity contribution < 1.29 is 14.7 Å². The molecule has 2 N–H and O–H groups in total. The molecule has 0 atom stereocenters. The number of nitrogens with one attached hydrogen (secondary N) is 1. The van der Waals surface area contributed by atoms with Gasteiger partial charge < -0.3 is 10.4 Å². The first-order valence-electron chi connectivity index (χ1n) is 6.51. The lowest BCUT2D eigenvalue weighted by Crippen LogP contribution is -2.48. The maximum absolute atomic E-state index is 12.3. The standard InChI is InChI=1S/C15H14N2O3/c18-13(15(14(19)20)6-2-7-15)17-12-4-1-3-10-9-16-8-5-11(10)12/h1,3-5,8-9H,2,6-7H2,(H,17,18)(H,19,20). The van der Waals surface area contributed by atoms with Crippen LogP contribution in [-0.4, -0.2) is 22.0 Å². The second-order valence-corrected chi connectivity index (χ2v) is 5.10. The lowest BCUT2D eigenvalue weighted by Gasteiger charge is -2.35. The molecule has 1 aliphatic rings. The van der Waals surface area contributed by atoms with Gasteiger partial charge in [0, 0.05) is 28.9 Å². The number of hydrogen-bond acceptors (Lipinski definition) is 3. The van der Waals surface area contributed by atoms with Gasteiger partial charge in [0.25, 0.3) is 0 Å². The Morgan fingerprint density at radius 3 is 2.70 bits per heavy atom. The normalized spacial score (nSPS) is 16.4. The zero-order chi connectivity index (χ0) is 14.2. The number of nitrogens with zero attached hydrogens (tertiary/aromatic N) is 1. The molecule has 1 aromatic heterocycles. The van der Waals surface area contributed by atoms with E-state index in [0.717, 1.165) is 17.2 Å². The van der Waals surface area contributed by atoms with Crippen molar-refractivity contribution in [1.29, 1.82) is 0 Å². The van der Waals surface area contributed by atoms with Crippen molar-refractivity contribution in [3.63, 3.8) is 0 Å². The topological polar surface area (TPSA) is 79.3 Å². The van der Waals surface area contributed by atoms with Crippen molar-refractivity contribution in [3.8, 4) is 0 Å². The summed E-state index contributed by atoms with van der Waals surface area (Å²) >= 11 is 0. The summed E-state index contributed by atoms with van der Waals surface area (Å²) in [6, 6.07) is 7.29. The second-order valence-electron chi connectivity index (χ2n) is 5.10. The maximum Gasteiger partial charge on any atom is 0.319 e. The first-order chi connectivity index (χ1) is 9.63. The van der Waals surface area contributed by atoms with Gasteiger partial charge in [-0.1, -0.05) is 18.6 Å². The highest BCUT2D eigenvalue weighted by molar-refractivity contribution is 6.11. The van der Waals surface area contributed by atoms with Crippen molar-refractivity contribution in [3.05, 3.63) is 36.7 Å². The molecule has 102 valence electrons. The third-order valence-corrected chi connectivity index (χ3v) is 3.98. The molecule has 20 heavy (non-hydrogen) atoms. The highest BCUT2D eigenvalue weighted by atomic mass is 16.4. The first-order valence-corrected chi connectivity index (χ1v) is 6.51. The smallest absolute Gasteiger partial charge is 0.319 e. The van der Waals surface area contributed by atoms with Crippen LogP contribution in [0.15, 0.2) is 36.7 Å². The van der Waals surface area contributed by atoms with Crippen molar-refractivity contribution in [1.82, 2.24) is 4.98 Å². The summed E-state index contributed by atoms with van der Waals surface area (Å²) in [5, 5.41) is 13.8. The van der Waals surface area contributed by atoms with Crippen LogP contribution in [-0.2, 0) is 9.59 Å². The molecule has 1 saturated carbocycles. The first kappa shape index (κ1) is 12.6. The lowest BCUT2D eigenvalue weighted by atomic mass is 9.68. The van der Waals surface area contributed by atoms with Crippen LogP contribution in [0.3, 0.4) is 0 Å². The maximum atomic E-state index is 12.3. The minimum absolute atomic E-state index is 0.403. The van der Waals surface area contributed by atoms with Crippen LogP contribution >= 0.6 is 0 Å². The fourth-order valence-corrected chi connectivity index (χ4v) is 2.54. The Kier molecular flexibility index (Phi) is 2.89. The third-order valence-electron chi connectivity index (χ3n) is 3.98. The van der Waals surface area contributed by atoms with Gasteiger partial charge in [-0.05, 0) is 25.0 Å². The zero-order valence-electron chi connectivity index (χ0n) is 10.8. The Morgan fingerprint density at radius 1 is 1.25 bits per heavy atom. The number of anilines is 1. The Hall–Kier alpha value is -2.43. The van der Waals surface area contributed by atoms with Crippen molar-refractivity contribution >= 4 is 28.3 Å². The Balaban J connectivity index is 1.94. The summed E-state index contributed by atoms with van der Waals surface area (Å²) in [5.74, 6) is -1.47. The summed E-state index contributed by atoms with van der Waals surface area (Å²) in [7, 11) is 0. The van der Waals surface area contributed by atoms with Crippen molar-refractivity contribution in [2.75, 3.05) is 5.32 Å². The van der Waals surface area contributed by atoms with Gasteiger partial charge in [0.1, 0.15) is 5.41 Å². The van der Waals surface area contributed by atoms with Gasteiger partial charge >= 0.3 is 5.97 Å². The summed E-state index contributed by atoms with van der Waals surface area (Å²) < 4.78 is 0. The highest BCUT2D eigenvalue weighted by Crippen LogP contribution is 2.42. The average Bonchev–Trinajstić information content (AvgIpc) is 2.37. The summed E-state index contributed by atoms with van der Waals surface area (Å²) in [4.78, 5) is 27.7. The molecular formula is C15H14N2O3. The molecule has 1 amide bonds. The van der Waals surface area contributed by atoms with Crippen LogP contribution in [0.25, 0.3) is 10.8 Å². The molecular weight excluding hydrogens is 256 g/mol. The van der Waals surface area contributed by atoms with Crippen LogP contribution in [0.5, 0.6) is 0 Å². The summed E-state index contributed by atoms with van der Waals surface area (Å²) in [5.41, 5.74) is -0.628. The molecule has 2 aromatic rings. The van der Waals surface area contributed by atoms with E-state index in [-0.39, 0.29) is 0 Å². The van der Waals surface area contributed by atoms with Crippen molar-refractivity contribution in [2.24, 2.45) is 5.41 Å². The van der Waals surface area contributed by atoms with E-state index < -0.39 is 17.3 Å². The minimum atomic E-state index is -1.25. The largest absolute Gasteiger partial charge is 0.480 e. The summed E-state index contributed by atoms with van der Waals surface area (Å²) in [6.45, 7) is 0. The van der Waals surface area contributed by atoms with E-state index in [1.165, 1.54) is 0 Å². The van der Waals surface area contributed by atoms with Gasteiger partial charge in [-0.25, -0.2) is 0 Å². The molecule has 0 saturated heterocycles. The number of aliphatic carboxylic acids is 1. The monoisotopic (exact) mass is 270 g/mol. The van der Waals surface area contributed by atoms with Crippen LogP contribution in [0.2, 0.25) is 0 Å². The van der Waals surface area contributed by atoms with E-state index in [9.17, 15) is 14.7 Å². The number of amides is 1. The number of hydrogen-bond donors (Lipinski definition) is 2. The van der Waals surface area contributed by atoms with E-state index in [4.69, 9.17) is 0 Å². The molecule has 1 aromatic carbocycles. The molecule has 0 aliphatic heterocycles. The number of carboxylic acids is 1. The zero-order valence-corrected chi connectivity index (χ0v) is 10.8. The SMILES string of the molecule is O=C(O)C1(C(=O)Nc2cccc3cnccc23)CCC1. The van der Waals surface area contributed by atoms with Gasteiger partial charge in [0.2, 0.25) is 5.91 Å².